The number of nitrogens with two attached hydrogens (primary N) is 1. The standard InChI is InChI=1S/C14H16FN3O2/c1-9(13-3-2-6-20-13)17-8-11-5-4-10(7-12(11)15)14(16)18-19/h2-7,9,17,19H,8H2,1H3,(H2,16,18). The van der Waals surface area contributed by atoms with E-state index < -0.39 is 5.82 Å². The average molecular weight is 277 g/mol. The van der Waals surface area contributed by atoms with E-state index in [2.05, 4.69) is 10.5 Å². The Labute approximate surface area is 115 Å². The lowest BCUT2D eigenvalue weighted by Crippen LogP contribution is -2.19. The van der Waals surface area contributed by atoms with Gasteiger partial charge in [-0.1, -0.05) is 17.3 Å². The predicted molar refractivity (Wildman–Crippen MR) is 72.9 cm³/mol. The van der Waals surface area contributed by atoms with Crippen molar-refractivity contribution in [2.45, 2.75) is 19.5 Å². The number of halogens is 1. The lowest BCUT2D eigenvalue weighted by atomic mass is 10.1. The van der Waals surface area contributed by atoms with E-state index in [-0.39, 0.29) is 11.9 Å². The Morgan fingerprint density at radius 2 is 2.30 bits per heavy atom. The SMILES string of the molecule is CC(NCc1ccc(C(N)=NO)cc1F)c1ccco1. The first-order valence-electron chi connectivity index (χ1n) is 6.15. The van der Waals surface area contributed by atoms with Gasteiger partial charge in [-0.25, -0.2) is 4.39 Å². The molecule has 0 aliphatic heterocycles. The summed E-state index contributed by atoms with van der Waals surface area (Å²) in [4.78, 5) is 0. The van der Waals surface area contributed by atoms with E-state index in [1.54, 1.807) is 24.5 Å². The zero-order chi connectivity index (χ0) is 14.5. The maximum atomic E-state index is 13.9. The molecule has 2 aromatic rings. The summed E-state index contributed by atoms with van der Waals surface area (Å²) >= 11 is 0. The molecule has 1 unspecified atom stereocenters. The molecule has 2 rings (SSSR count). The molecule has 5 nitrogen and oxygen atoms in total. The van der Waals surface area contributed by atoms with E-state index in [0.717, 1.165) is 5.76 Å². The van der Waals surface area contributed by atoms with E-state index in [4.69, 9.17) is 15.4 Å². The van der Waals surface area contributed by atoms with Crippen molar-refractivity contribution in [2.24, 2.45) is 10.9 Å². The molecule has 1 aromatic carbocycles. The summed E-state index contributed by atoms with van der Waals surface area (Å²) in [5, 5.41) is 14.5. The molecule has 1 atom stereocenters. The fourth-order valence-electron chi connectivity index (χ4n) is 1.81. The van der Waals surface area contributed by atoms with Crippen molar-refractivity contribution in [3.05, 3.63) is 59.3 Å². The van der Waals surface area contributed by atoms with Crippen LogP contribution in [-0.4, -0.2) is 11.0 Å². The van der Waals surface area contributed by atoms with Crippen LogP contribution in [0.5, 0.6) is 0 Å². The second kappa shape index (κ2) is 6.21. The minimum atomic E-state index is -0.409. The number of rotatable bonds is 5. The number of hydrogen-bond acceptors (Lipinski definition) is 4. The minimum Gasteiger partial charge on any atom is -0.468 e. The van der Waals surface area contributed by atoms with E-state index in [0.29, 0.717) is 17.7 Å². The lowest BCUT2D eigenvalue weighted by Gasteiger charge is -2.12. The second-order valence-corrected chi connectivity index (χ2v) is 4.41. The highest BCUT2D eigenvalue weighted by molar-refractivity contribution is 5.97. The molecule has 20 heavy (non-hydrogen) atoms. The van der Waals surface area contributed by atoms with Gasteiger partial charge in [0.05, 0.1) is 12.3 Å². The van der Waals surface area contributed by atoms with Crippen LogP contribution < -0.4 is 11.1 Å². The fourth-order valence-corrected chi connectivity index (χ4v) is 1.81. The van der Waals surface area contributed by atoms with E-state index in [1.165, 1.54) is 6.07 Å². The van der Waals surface area contributed by atoms with E-state index >= 15 is 0 Å². The van der Waals surface area contributed by atoms with Gasteiger partial charge in [-0.05, 0) is 25.1 Å². The minimum absolute atomic E-state index is 0.0202. The number of nitrogens with one attached hydrogen (secondary N) is 1. The zero-order valence-corrected chi connectivity index (χ0v) is 11.0. The van der Waals surface area contributed by atoms with Gasteiger partial charge in [-0.2, -0.15) is 0 Å². The van der Waals surface area contributed by atoms with Crippen LogP contribution in [0, 0.1) is 5.82 Å². The Bertz CT molecular complexity index is 596. The van der Waals surface area contributed by atoms with Gasteiger partial charge in [0.2, 0.25) is 0 Å². The first-order chi connectivity index (χ1) is 9.61. The molecule has 0 radical (unpaired) electrons. The van der Waals surface area contributed by atoms with Gasteiger partial charge in [-0.3, -0.25) is 0 Å². The zero-order valence-electron chi connectivity index (χ0n) is 11.0. The summed E-state index contributed by atoms with van der Waals surface area (Å²) in [6.45, 7) is 2.28. The third-order valence-corrected chi connectivity index (χ3v) is 3.03. The number of benzene rings is 1. The highest BCUT2D eigenvalue weighted by atomic mass is 19.1. The topological polar surface area (TPSA) is 83.8 Å². The van der Waals surface area contributed by atoms with Crippen molar-refractivity contribution >= 4 is 5.84 Å². The summed E-state index contributed by atoms with van der Waals surface area (Å²) in [6, 6.07) is 8.09. The van der Waals surface area contributed by atoms with Crippen LogP contribution >= 0.6 is 0 Å². The van der Waals surface area contributed by atoms with E-state index in [1.807, 2.05) is 13.0 Å². The summed E-state index contributed by atoms with van der Waals surface area (Å²) in [5.41, 5.74) is 6.24. The fraction of sp³-hybridized carbons (Fsp3) is 0.214. The second-order valence-electron chi connectivity index (χ2n) is 4.41. The predicted octanol–water partition coefficient (Wildman–Crippen LogP) is 2.36. The van der Waals surface area contributed by atoms with Gasteiger partial charge in [0, 0.05) is 17.7 Å². The Kier molecular flexibility index (Phi) is 4.37. The molecule has 0 saturated carbocycles. The summed E-state index contributed by atoms with van der Waals surface area (Å²) in [7, 11) is 0. The molecule has 106 valence electrons. The quantitative estimate of drug-likeness (QED) is 0.339. The molecule has 1 heterocycles. The third-order valence-electron chi connectivity index (χ3n) is 3.03. The molecule has 0 aliphatic rings. The largest absolute Gasteiger partial charge is 0.468 e. The van der Waals surface area contributed by atoms with Gasteiger partial charge in [0.1, 0.15) is 11.6 Å². The van der Waals surface area contributed by atoms with Gasteiger partial charge in [0.15, 0.2) is 5.84 Å². The Balaban J connectivity index is 2.03. The molecule has 1 aromatic heterocycles. The molecule has 6 heteroatoms. The van der Waals surface area contributed by atoms with Crippen LogP contribution in [0.1, 0.15) is 29.9 Å². The van der Waals surface area contributed by atoms with E-state index in [9.17, 15) is 4.39 Å². The third kappa shape index (κ3) is 3.16. The summed E-state index contributed by atoms with van der Waals surface area (Å²) < 4.78 is 19.1. The van der Waals surface area contributed by atoms with Crippen molar-refractivity contribution in [2.75, 3.05) is 0 Å². The molecule has 0 aliphatic carbocycles. The van der Waals surface area contributed by atoms with Gasteiger partial charge in [0.25, 0.3) is 0 Å². The monoisotopic (exact) mass is 277 g/mol. The maximum absolute atomic E-state index is 13.9. The number of nitrogens with zero attached hydrogens (tertiary/aromatic N) is 1. The van der Waals surface area contributed by atoms with Gasteiger partial charge >= 0.3 is 0 Å². The highest BCUT2D eigenvalue weighted by Gasteiger charge is 2.10. The molecule has 0 amide bonds. The first kappa shape index (κ1) is 14.1. The highest BCUT2D eigenvalue weighted by Crippen LogP contribution is 2.15. The van der Waals surface area contributed by atoms with Crippen LogP contribution in [0.3, 0.4) is 0 Å². The maximum Gasteiger partial charge on any atom is 0.170 e. The molecule has 0 spiro atoms. The van der Waals surface area contributed by atoms with Crippen molar-refractivity contribution in [1.29, 1.82) is 0 Å². The molecule has 4 N–H and O–H groups in total. The number of hydrogen-bond donors (Lipinski definition) is 3. The lowest BCUT2D eigenvalue weighted by molar-refractivity contribution is 0.318. The van der Waals surface area contributed by atoms with Crippen molar-refractivity contribution in [1.82, 2.24) is 5.32 Å². The Morgan fingerprint density at radius 1 is 1.50 bits per heavy atom. The van der Waals surface area contributed by atoms with Crippen molar-refractivity contribution < 1.29 is 14.0 Å². The molecular formula is C14H16FN3O2. The number of oxime groups is 1. The first-order valence-corrected chi connectivity index (χ1v) is 6.15. The summed E-state index contributed by atoms with van der Waals surface area (Å²) in [5.74, 6) is 0.263. The molecule has 0 bridgehead atoms. The average Bonchev–Trinajstić information content (AvgIpc) is 2.99. The van der Waals surface area contributed by atoms with Crippen LogP contribution in [-0.2, 0) is 6.54 Å². The molecule has 0 fully saturated rings. The van der Waals surface area contributed by atoms with Crippen LogP contribution in [0.15, 0.2) is 46.2 Å². The Morgan fingerprint density at radius 3 is 2.90 bits per heavy atom. The van der Waals surface area contributed by atoms with Crippen LogP contribution in [0.4, 0.5) is 4.39 Å². The number of amidine groups is 1. The smallest absolute Gasteiger partial charge is 0.170 e. The van der Waals surface area contributed by atoms with Crippen molar-refractivity contribution in [3.8, 4) is 0 Å². The number of furan rings is 1. The van der Waals surface area contributed by atoms with Crippen LogP contribution in [0.2, 0.25) is 0 Å². The molecule has 0 saturated heterocycles. The van der Waals surface area contributed by atoms with Gasteiger partial charge in [-0.15, -0.1) is 0 Å². The van der Waals surface area contributed by atoms with Gasteiger partial charge < -0.3 is 20.7 Å². The van der Waals surface area contributed by atoms with Crippen molar-refractivity contribution in [3.63, 3.8) is 0 Å². The Hall–Kier alpha value is -2.34. The summed E-state index contributed by atoms with van der Waals surface area (Å²) in [6.07, 6.45) is 1.60. The van der Waals surface area contributed by atoms with Crippen LogP contribution in [0.25, 0.3) is 0 Å². The normalized spacial score (nSPS) is 13.4. The molecular weight excluding hydrogens is 261 g/mol.